The van der Waals surface area contributed by atoms with Gasteiger partial charge in [0.25, 0.3) is 0 Å². The van der Waals surface area contributed by atoms with E-state index in [0.717, 1.165) is 25.0 Å². The summed E-state index contributed by atoms with van der Waals surface area (Å²) in [5, 5.41) is 0. The van der Waals surface area contributed by atoms with Gasteiger partial charge in [0.1, 0.15) is 0 Å². The molecule has 0 saturated heterocycles. The van der Waals surface area contributed by atoms with E-state index in [4.69, 9.17) is 0 Å². The minimum absolute atomic E-state index is 0.859. The van der Waals surface area contributed by atoms with Crippen LogP contribution in [0.25, 0.3) is 0 Å². The number of aryl methyl sites for hydroxylation is 1. The highest BCUT2D eigenvalue weighted by Crippen LogP contribution is 2.01. The molecule has 0 nitrogen and oxygen atoms in total. The summed E-state index contributed by atoms with van der Waals surface area (Å²) in [5.74, 6) is 7.07. The molecule has 0 bridgehead atoms. The Hall–Kier alpha value is -0.870. The third kappa shape index (κ3) is 4.65. The zero-order valence-electron chi connectivity index (χ0n) is 7.66. The largest absolute Gasteiger partial charge is 0.178 e. The highest BCUT2D eigenvalue weighted by molar-refractivity contribution is 7.80. The first kappa shape index (κ1) is 10.2. The van der Waals surface area contributed by atoms with Crippen LogP contribution in [0.15, 0.2) is 30.3 Å². The predicted molar refractivity (Wildman–Crippen MR) is 61.0 cm³/mol. The highest BCUT2D eigenvalue weighted by atomic mass is 32.1. The molecule has 1 aromatic rings. The molecule has 1 rings (SSSR count). The van der Waals surface area contributed by atoms with Crippen molar-refractivity contribution in [2.24, 2.45) is 0 Å². The Morgan fingerprint density at radius 3 is 2.38 bits per heavy atom. The molecule has 68 valence electrons. The maximum atomic E-state index is 4.09. The van der Waals surface area contributed by atoms with E-state index in [1.54, 1.807) is 0 Å². The van der Waals surface area contributed by atoms with E-state index >= 15 is 0 Å². The fourth-order valence-corrected chi connectivity index (χ4v) is 1.20. The number of hydrogen-bond acceptors (Lipinski definition) is 1. The van der Waals surface area contributed by atoms with Crippen molar-refractivity contribution in [3.05, 3.63) is 35.9 Å². The lowest BCUT2D eigenvalue weighted by Crippen LogP contribution is -1.81. The van der Waals surface area contributed by atoms with Crippen molar-refractivity contribution in [2.45, 2.75) is 19.3 Å². The van der Waals surface area contributed by atoms with Gasteiger partial charge in [-0.3, -0.25) is 0 Å². The van der Waals surface area contributed by atoms with E-state index < -0.39 is 0 Å². The van der Waals surface area contributed by atoms with Gasteiger partial charge in [0.2, 0.25) is 0 Å². The van der Waals surface area contributed by atoms with Gasteiger partial charge in [0.05, 0.1) is 0 Å². The average molecular weight is 190 g/mol. The van der Waals surface area contributed by atoms with Crippen LogP contribution in [0.5, 0.6) is 0 Å². The van der Waals surface area contributed by atoms with Gasteiger partial charge in [-0.1, -0.05) is 30.3 Å². The molecule has 0 fully saturated rings. The van der Waals surface area contributed by atoms with Crippen LogP contribution in [-0.2, 0) is 6.42 Å². The van der Waals surface area contributed by atoms with Crippen LogP contribution in [0.2, 0.25) is 0 Å². The Kier molecular flexibility index (Phi) is 5.20. The van der Waals surface area contributed by atoms with Gasteiger partial charge in [-0.05, 0) is 12.0 Å². The summed E-state index contributed by atoms with van der Waals surface area (Å²) in [4.78, 5) is 0. The Morgan fingerprint density at radius 2 is 1.69 bits per heavy atom. The topological polar surface area (TPSA) is 0 Å². The van der Waals surface area contributed by atoms with Crippen LogP contribution in [-0.4, -0.2) is 5.75 Å². The molecule has 0 unspecified atom stereocenters. The first-order chi connectivity index (χ1) is 6.43. The summed E-state index contributed by atoms with van der Waals surface area (Å²) in [6, 6.07) is 10.4. The van der Waals surface area contributed by atoms with Gasteiger partial charge < -0.3 is 0 Å². The second-order valence-electron chi connectivity index (χ2n) is 2.81. The molecule has 0 aliphatic rings. The van der Waals surface area contributed by atoms with Crippen molar-refractivity contribution < 1.29 is 0 Å². The van der Waals surface area contributed by atoms with Crippen molar-refractivity contribution in [1.29, 1.82) is 0 Å². The molecule has 0 spiro atoms. The maximum Gasteiger partial charge on any atom is 0.0177 e. The Labute approximate surface area is 85.8 Å². The van der Waals surface area contributed by atoms with Gasteiger partial charge >= 0.3 is 0 Å². The zero-order chi connectivity index (χ0) is 9.36. The molecule has 0 aromatic heterocycles. The third-order valence-corrected chi connectivity index (χ3v) is 1.97. The summed E-state index contributed by atoms with van der Waals surface area (Å²) >= 11 is 4.09. The number of benzene rings is 1. The van der Waals surface area contributed by atoms with E-state index in [1.165, 1.54) is 5.56 Å². The first-order valence-corrected chi connectivity index (χ1v) is 5.17. The Bertz CT molecular complexity index is 279. The van der Waals surface area contributed by atoms with Crippen molar-refractivity contribution in [2.75, 3.05) is 5.75 Å². The number of rotatable bonds is 3. The number of hydrogen-bond donors (Lipinski definition) is 1. The van der Waals surface area contributed by atoms with E-state index in [-0.39, 0.29) is 0 Å². The van der Waals surface area contributed by atoms with Gasteiger partial charge in [-0.15, -0.1) is 11.8 Å². The molecular weight excluding hydrogens is 176 g/mol. The van der Waals surface area contributed by atoms with Crippen molar-refractivity contribution >= 4 is 12.6 Å². The molecule has 0 atom stereocenters. The van der Waals surface area contributed by atoms with Crippen molar-refractivity contribution in [3.63, 3.8) is 0 Å². The molecule has 13 heavy (non-hydrogen) atoms. The molecule has 0 aliphatic carbocycles. The molecule has 0 N–H and O–H groups in total. The lowest BCUT2D eigenvalue weighted by molar-refractivity contribution is 1.03. The molecule has 0 heterocycles. The molecule has 0 amide bonds. The molecule has 1 heteroatoms. The summed E-state index contributed by atoms with van der Waals surface area (Å²) in [5.41, 5.74) is 1.36. The van der Waals surface area contributed by atoms with Crippen LogP contribution >= 0.6 is 12.6 Å². The Balaban J connectivity index is 2.25. The molecule has 0 aliphatic heterocycles. The van der Waals surface area contributed by atoms with Gasteiger partial charge in [-0.2, -0.15) is 12.6 Å². The molecule has 1 aromatic carbocycles. The summed E-state index contributed by atoms with van der Waals surface area (Å²) in [7, 11) is 0. The molecule has 0 radical (unpaired) electrons. The number of thiol groups is 1. The summed E-state index contributed by atoms with van der Waals surface area (Å²) < 4.78 is 0. The van der Waals surface area contributed by atoms with E-state index in [1.807, 2.05) is 6.07 Å². The fraction of sp³-hybridized carbons (Fsp3) is 0.333. The lowest BCUT2D eigenvalue weighted by atomic mass is 10.1. The van der Waals surface area contributed by atoms with Crippen LogP contribution < -0.4 is 0 Å². The van der Waals surface area contributed by atoms with E-state index in [0.29, 0.717) is 0 Å². The summed E-state index contributed by atoms with van der Waals surface area (Å²) in [6.45, 7) is 0. The van der Waals surface area contributed by atoms with Crippen molar-refractivity contribution in [1.82, 2.24) is 0 Å². The average Bonchev–Trinajstić information content (AvgIpc) is 2.19. The minimum atomic E-state index is 0.859. The SMILES string of the molecule is SCCC#CCCc1ccccc1. The van der Waals surface area contributed by atoms with Crippen LogP contribution in [0.1, 0.15) is 18.4 Å². The van der Waals surface area contributed by atoms with E-state index in [9.17, 15) is 0 Å². The van der Waals surface area contributed by atoms with E-state index in [2.05, 4.69) is 48.7 Å². The van der Waals surface area contributed by atoms with Gasteiger partial charge in [-0.25, -0.2) is 0 Å². The second kappa shape index (κ2) is 6.62. The van der Waals surface area contributed by atoms with Crippen LogP contribution in [0, 0.1) is 11.8 Å². The molecular formula is C12H14S. The van der Waals surface area contributed by atoms with Crippen molar-refractivity contribution in [3.8, 4) is 11.8 Å². The zero-order valence-corrected chi connectivity index (χ0v) is 8.56. The second-order valence-corrected chi connectivity index (χ2v) is 3.26. The minimum Gasteiger partial charge on any atom is -0.178 e. The normalized spacial score (nSPS) is 9.00. The molecule has 0 saturated carbocycles. The first-order valence-electron chi connectivity index (χ1n) is 4.54. The maximum absolute atomic E-state index is 4.09. The fourth-order valence-electron chi connectivity index (χ4n) is 1.08. The lowest BCUT2D eigenvalue weighted by Gasteiger charge is -1.94. The van der Waals surface area contributed by atoms with Gasteiger partial charge in [0.15, 0.2) is 0 Å². The smallest absolute Gasteiger partial charge is 0.0177 e. The predicted octanol–water partition coefficient (Wildman–Crippen LogP) is 2.94. The Morgan fingerprint density at radius 1 is 1.00 bits per heavy atom. The highest BCUT2D eigenvalue weighted by Gasteiger charge is 1.87. The standard InChI is InChI=1S/C12H14S/c13-11-7-2-1-4-8-12-9-5-3-6-10-12/h3,5-6,9-10,13H,4,7-8,11H2. The summed E-state index contributed by atoms with van der Waals surface area (Å²) in [6.07, 6.45) is 2.91. The van der Waals surface area contributed by atoms with Crippen LogP contribution in [0.4, 0.5) is 0 Å². The quantitative estimate of drug-likeness (QED) is 0.550. The monoisotopic (exact) mass is 190 g/mol. The third-order valence-electron chi connectivity index (χ3n) is 1.74. The van der Waals surface area contributed by atoms with Crippen LogP contribution in [0.3, 0.4) is 0 Å². The van der Waals surface area contributed by atoms with Gasteiger partial charge in [0, 0.05) is 18.6 Å².